The Balaban J connectivity index is 1.68. The average Bonchev–Trinajstić information content (AvgIpc) is 2.79. The molecule has 0 atom stereocenters. The molecule has 1 N–H and O–H groups in total. The van der Waals surface area contributed by atoms with Crippen LogP contribution in [0.2, 0.25) is 0 Å². The fourth-order valence-electron chi connectivity index (χ4n) is 3.34. The maximum absolute atomic E-state index is 12.7. The molecule has 10 heteroatoms. The lowest BCUT2D eigenvalue weighted by Crippen LogP contribution is -2.35. The maximum Gasteiger partial charge on any atom is 0.255 e. The molecule has 2 aromatic carbocycles. The zero-order valence-electron chi connectivity index (χ0n) is 17.6. The van der Waals surface area contributed by atoms with E-state index in [4.69, 9.17) is 0 Å². The van der Waals surface area contributed by atoms with Gasteiger partial charge in [0.2, 0.25) is 20.0 Å². The molecule has 0 radical (unpaired) electrons. The second kappa shape index (κ2) is 9.37. The number of rotatable bonds is 7. The van der Waals surface area contributed by atoms with Gasteiger partial charge in [0.05, 0.1) is 16.3 Å². The summed E-state index contributed by atoms with van der Waals surface area (Å²) < 4.78 is 52.0. The topological polar surface area (TPSA) is 104 Å². The lowest BCUT2D eigenvalue weighted by atomic mass is 10.2. The first-order chi connectivity index (χ1) is 14.6. The first-order valence-corrected chi connectivity index (χ1v) is 13.2. The van der Waals surface area contributed by atoms with Gasteiger partial charge in [-0.1, -0.05) is 6.42 Å². The zero-order chi connectivity index (χ0) is 22.6. The Morgan fingerprint density at radius 3 is 2.06 bits per heavy atom. The van der Waals surface area contributed by atoms with Crippen LogP contribution in [0, 0.1) is 0 Å². The van der Waals surface area contributed by atoms with E-state index in [9.17, 15) is 21.6 Å². The first-order valence-electron chi connectivity index (χ1n) is 10.1. The molecule has 1 fully saturated rings. The Morgan fingerprint density at radius 2 is 1.52 bits per heavy atom. The third kappa shape index (κ3) is 5.25. The van der Waals surface area contributed by atoms with E-state index in [1.54, 1.807) is 43.3 Å². The largest absolute Gasteiger partial charge is 0.322 e. The van der Waals surface area contributed by atoms with Crippen molar-refractivity contribution in [1.82, 2.24) is 4.31 Å². The number of amides is 1. The number of hydrogen-bond acceptors (Lipinski definition) is 5. The van der Waals surface area contributed by atoms with Gasteiger partial charge in [0.15, 0.2) is 0 Å². The van der Waals surface area contributed by atoms with Crippen LogP contribution in [0.5, 0.6) is 0 Å². The van der Waals surface area contributed by atoms with Gasteiger partial charge < -0.3 is 5.32 Å². The summed E-state index contributed by atoms with van der Waals surface area (Å²) in [6.45, 7) is 2.63. The lowest BCUT2D eigenvalue weighted by molar-refractivity contribution is 0.102. The number of anilines is 2. The summed E-state index contributed by atoms with van der Waals surface area (Å²) in [5, 5.41) is 2.73. The monoisotopic (exact) mass is 465 g/mol. The van der Waals surface area contributed by atoms with E-state index in [1.807, 2.05) is 0 Å². The van der Waals surface area contributed by atoms with Crippen LogP contribution in [0.4, 0.5) is 11.4 Å². The summed E-state index contributed by atoms with van der Waals surface area (Å²) >= 11 is 0. The Hall–Kier alpha value is -2.43. The van der Waals surface area contributed by atoms with E-state index in [0.717, 1.165) is 19.3 Å². The summed E-state index contributed by atoms with van der Waals surface area (Å²) in [6, 6.07) is 12.3. The molecule has 31 heavy (non-hydrogen) atoms. The van der Waals surface area contributed by atoms with Gasteiger partial charge in [0.25, 0.3) is 5.91 Å². The zero-order valence-corrected chi connectivity index (χ0v) is 19.2. The molecule has 0 bridgehead atoms. The molecule has 1 heterocycles. The lowest BCUT2D eigenvalue weighted by Gasteiger charge is -2.25. The number of sulfonamides is 2. The van der Waals surface area contributed by atoms with E-state index in [-0.39, 0.29) is 16.6 Å². The maximum atomic E-state index is 12.7. The standard InChI is InChI=1S/C21H27N3O5S2/c1-3-30(26,27)23(2)19-11-7-17(8-12-19)21(25)22-18-9-13-20(14-10-18)31(28,29)24-15-5-4-6-16-24/h7-14H,3-6,15-16H2,1-2H3,(H,22,25). The van der Waals surface area contributed by atoms with Gasteiger partial charge in [-0.2, -0.15) is 4.31 Å². The predicted molar refractivity (Wildman–Crippen MR) is 121 cm³/mol. The third-order valence-electron chi connectivity index (χ3n) is 5.34. The second-order valence-electron chi connectivity index (χ2n) is 7.36. The fraction of sp³-hybridized carbons (Fsp3) is 0.381. The Labute approximate surface area is 184 Å². The van der Waals surface area contributed by atoms with Crippen LogP contribution < -0.4 is 9.62 Å². The van der Waals surface area contributed by atoms with E-state index in [2.05, 4.69) is 5.32 Å². The molecule has 1 aliphatic heterocycles. The van der Waals surface area contributed by atoms with Gasteiger partial charge in [-0.15, -0.1) is 0 Å². The van der Waals surface area contributed by atoms with Gasteiger partial charge in [0, 0.05) is 31.4 Å². The number of nitrogens with zero attached hydrogens (tertiary/aromatic N) is 2. The van der Waals surface area contributed by atoms with Crippen molar-refractivity contribution >= 4 is 37.3 Å². The average molecular weight is 466 g/mol. The molecular weight excluding hydrogens is 438 g/mol. The molecule has 168 valence electrons. The van der Waals surface area contributed by atoms with Gasteiger partial charge in [0.1, 0.15) is 0 Å². The molecular formula is C21H27N3O5S2. The summed E-state index contributed by atoms with van der Waals surface area (Å²) in [5.74, 6) is -0.394. The van der Waals surface area contributed by atoms with Crippen LogP contribution in [0.3, 0.4) is 0 Å². The van der Waals surface area contributed by atoms with Crippen LogP contribution in [0.1, 0.15) is 36.5 Å². The quantitative estimate of drug-likeness (QED) is 0.677. The second-order valence-corrected chi connectivity index (χ2v) is 11.6. The highest BCUT2D eigenvalue weighted by atomic mass is 32.2. The highest BCUT2D eigenvalue weighted by molar-refractivity contribution is 7.92. The molecule has 0 aliphatic carbocycles. The first kappa shape index (κ1) is 23.2. The van der Waals surface area contributed by atoms with Crippen LogP contribution in [0.15, 0.2) is 53.4 Å². The van der Waals surface area contributed by atoms with Crippen molar-refractivity contribution < 1.29 is 21.6 Å². The molecule has 2 aromatic rings. The molecule has 0 saturated carbocycles. The summed E-state index contributed by atoms with van der Waals surface area (Å²) in [6.07, 6.45) is 2.78. The number of hydrogen-bond donors (Lipinski definition) is 1. The van der Waals surface area contributed by atoms with Crippen molar-refractivity contribution in [1.29, 1.82) is 0 Å². The van der Waals surface area contributed by atoms with Crippen LogP contribution in [-0.4, -0.2) is 52.9 Å². The molecule has 1 aliphatic rings. The minimum Gasteiger partial charge on any atom is -0.322 e. The summed E-state index contributed by atoms with van der Waals surface area (Å²) in [5.41, 5.74) is 1.29. The van der Waals surface area contributed by atoms with Crippen LogP contribution in [0.25, 0.3) is 0 Å². The SMILES string of the molecule is CCS(=O)(=O)N(C)c1ccc(C(=O)Nc2ccc(S(=O)(=O)N3CCCCC3)cc2)cc1. The third-order valence-corrected chi connectivity index (χ3v) is 9.03. The minimum absolute atomic E-state index is 0.0186. The molecule has 0 spiro atoms. The van der Waals surface area contributed by atoms with Crippen molar-refractivity contribution in [2.45, 2.75) is 31.1 Å². The van der Waals surface area contributed by atoms with Crippen LogP contribution >= 0.6 is 0 Å². The van der Waals surface area contributed by atoms with Crippen molar-refractivity contribution in [3.8, 4) is 0 Å². The van der Waals surface area contributed by atoms with Crippen molar-refractivity contribution in [3.63, 3.8) is 0 Å². The molecule has 0 unspecified atom stereocenters. The van der Waals surface area contributed by atoms with E-state index < -0.39 is 20.0 Å². The molecule has 1 amide bonds. The molecule has 1 saturated heterocycles. The highest BCUT2D eigenvalue weighted by Crippen LogP contribution is 2.23. The van der Waals surface area contributed by atoms with Crippen molar-refractivity contribution in [2.24, 2.45) is 0 Å². The summed E-state index contributed by atoms with van der Waals surface area (Å²) in [4.78, 5) is 12.7. The highest BCUT2D eigenvalue weighted by Gasteiger charge is 2.25. The smallest absolute Gasteiger partial charge is 0.255 e. The van der Waals surface area contributed by atoms with Crippen molar-refractivity contribution in [2.75, 3.05) is 35.5 Å². The van der Waals surface area contributed by atoms with Gasteiger partial charge in [-0.3, -0.25) is 9.10 Å². The number of carbonyl (C=O) groups excluding carboxylic acids is 1. The molecule has 3 rings (SSSR count). The summed E-state index contributed by atoms with van der Waals surface area (Å²) in [7, 11) is -5.43. The predicted octanol–water partition coefficient (Wildman–Crippen LogP) is 2.90. The number of benzene rings is 2. The Bertz CT molecular complexity index is 1120. The van der Waals surface area contributed by atoms with Gasteiger partial charge in [-0.05, 0) is 68.3 Å². The van der Waals surface area contributed by atoms with E-state index >= 15 is 0 Å². The van der Waals surface area contributed by atoms with Crippen molar-refractivity contribution in [3.05, 3.63) is 54.1 Å². The van der Waals surface area contributed by atoms with E-state index in [0.29, 0.717) is 30.0 Å². The molecule has 0 aromatic heterocycles. The minimum atomic E-state index is -3.52. The Kier molecular flexibility index (Phi) is 7.03. The number of nitrogens with one attached hydrogen (secondary N) is 1. The number of carbonyl (C=O) groups is 1. The number of piperidine rings is 1. The fourth-order valence-corrected chi connectivity index (χ4v) is 5.69. The molecule has 8 nitrogen and oxygen atoms in total. The van der Waals surface area contributed by atoms with Gasteiger partial charge in [-0.25, -0.2) is 16.8 Å². The van der Waals surface area contributed by atoms with Gasteiger partial charge >= 0.3 is 0 Å². The Morgan fingerprint density at radius 1 is 0.935 bits per heavy atom. The normalized spacial score (nSPS) is 15.4. The van der Waals surface area contributed by atoms with Crippen LogP contribution in [-0.2, 0) is 20.0 Å². The van der Waals surface area contributed by atoms with E-state index in [1.165, 1.54) is 27.8 Å².